The van der Waals surface area contributed by atoms with Crippen molar-refractivity contribution in [3.05, 3.63) is 34.9 Å². The second kappa shape index (κ2) is 8.11. The lowest BCUT2D eigenvalue weighted by Crippen LogP contribution is -2.36. The number of Topliss-reactive ketones (excluding diaryl/α,β-unsaturated/α-hetero) is 1. The highest BCUT2D eigenvalue weighted by molar-refractivity contribution is 6.30. The molecule has 0 spiro atoms. The summed E-state index contributed by atoms with van der Waals surface area (Å²) in [6, 6.07) is 6.68. The minimum absolute atomic E-state index is 0.0299. The number of ketones is 1. The SMILES string of the molecule is CC(=O)N1CCCN(C(=O)CCC(=O)c2ccc(Cl)cc2)CC1. The molecule has 1 heterocycles. The molecule has 23 heavy (non-hydrogen) atoms. The molecule has 1 saturated heterocycles. The molecular weight excluding hydrogens is 316 g/mol. The Balaban J connectivity index is 1.83. The van der Waals surface area contributed by atoms with Gasteiger partial charge in [-0.1, -0.05) is 11.6 Å². The Bertz CT molecular complexity index is 586. The van der Waals surface area contributed by atoms with Crippen LogP contribution < -0.4 is 0 Å². The molecule has 0 radical (unpaired) electrons. The van der Waals surface area contributed by atoms with E-state index in [-0.39, 0.29) is 30.4 Å². The molecule has 0 aliphatic carbocycles. The normalized spacial score (nSPS) is 15.2. The van der Waals surface area contributed by atoms with Crippen LogP contribution in [-0.4, -0.2) is 53.6 Å². The minimum atomic E-state index is -0.0600. The maximum atomic E-state index is 12.3. The standard InChI is InChI=1S/C17H21ClN2O3/c1-13(21)19-9-2-10-20(12-11-19)17(23)8-7-16(22)14-3-5-15(18)6-4-14/h3-6H,2,7-12H2,1H3. The maximum Gasteiger partial charge on any atom is 0.223 e. The van der Waals surface area contributed by atoms with E-state index in [1.165, 1.54) is 0 Å². The predicted molar refractivity (Wildman–Crippen MR) is 88.5 cm³/mol. The van der Waals surface area contributed by atoms with Crippen LogP contribution >= 0.6 is 11.6 Å². The average Bonchev–Trinajstić information content (AvgIpc) is 2.79. The summed E-state index contributed by atoms with van der Waals surface area (Å²) in [4.78, 5) is 39.2. The van der Waals surface area contributed by atoms with Crippen LogP contribution in [0.3, 0.4) is 0 Å². The summed E-state index contributed by atoms with van der Waals surface area (Å²) in [5.41, 5.74) is 0.570. The van der Waals surface area contributed by atoms with Gasteiger partial charge in [-0.15, -0.1) is 0 Å². The summed E-state index contributed by atoms with van der Waals surface area (Å²) < 4.78 is 0. The molecule has 0 aromatic heterocycles. The van der Waals surface area contributed by atoms with Crippen LogP contribution in [-0.2, 0) is 9.59 Å². The van der Waals surface area contributed by atoms with Crippen molar-refractivity contribution in [3.63, 3.8) is 0 Å². The van der Waals surface area contributed by atoms with Crippen molar-refractivity contribution in [3.8, 4) is 0 Å². The van der Waals surface area contributed by atoms with E-state index in [2.05, 4.69) is 0 Å². The molecule has 124 valence electrons. The number of rotatable bonds is 4. The average molecular weight is 337 g/mol. The molecular formula is C17H21ClN2O3. The largest absolute Gasteiger partial charge is 0.341 e. The highest BCUT2D eigenvalue weighted by atomic mass is 35.5. The third-order valence-electron chi connectivity index (χ3n) is 4.03. The number of halogens is 1. The summed E-state index contributed by atoms with van der Waals surface area (Å²) in [6.07, 6.45) is 1.16. The zero-order valence-corrected chi connectivity index (χ0v) is 14.0. The first kappa shape index (κ1) is 17.5. The van der Waals surface area contributed by atoms with Crippen molar-refractivity contribution in [1.29, 1.82) is 0 Å². The van der Waals surface area contributed by atoms with Crippen LogP contribution in [0.1, 0.15) is 36.5 Å². The van der Waals surface area contributed by atoms with E-state index >= 15 is 0 Å². The Morgan fingerprint density at radius 1 is 0.957 bits per heavy atom. The van der Waals surface area contributed by atoms with Crippen LogP contribution in [0.5, 0.6) is 0 Å². The smallest absolute Gasteiger partial charge is 0.223 e. The molecule has 1 aromatic rings. The summed E-state index contributed by atoms with van der Waals surface area (Å²) in [6.45, 7) is 3.96. The van der Waals surface area contributed by atoms with Gasteiger partial charge in [-0.25, -0.2) is 0 Å². The van der Waals surface area contributed by atoms with E-state index < -0.39 is 0 Å². The maximum absolute atomic E-state index is 12.3. The lowest BCUT2D eigenvalue weighted by molar-refractivity contribution is -0.132. The topological polar surface area (TPSA) is 57.7 Å². The monoisotopic (exact) mass is 336 g/mol. The van der Waals surface area contributed by atoms with Crippen molar-refractivity contribution in [2.45, 2.75) is 26.2 Å². The van der Waals surface area contributed by atoms with Crippen molar-refractivity contribution in [2.24, 2.45) is 0 Å². The molecule has 6 heteroatoms. The number of nitrogens with zero attached hydrogens (tertiary/aromatic N) is 2. The second-order valence-electron chi connectivity index (χ2n) is 5.67. The first-order chi connectivity index (χ1) is 11.0. The summed E-state index contributed by atoms with van der Waals surface area (Å²) in [7, 11) is 0. The quantitative estimate of drug-likeness (QED) is 0.793. The number of carbonyl (C=O) groups is 3. The molecule has 0 unspecified atom stereocenters. The summed E-state index contributed by atoms with van der Waals surface area (Å²) in [5, 5.41) is 0.581. The van der Waals surface area contributed by atoms with E-state index in [1.807, 2.05) is 0 Å². The van der Waals surface area contributed by atoms with Crippen molar-refractivity contribution in [1.82, 2.24) is 9.80 Å². The Morgan fingerprint density at radius 2 is 1.57 bits per heavy atom. The molecule has 0 saturated carbocycles. The highest BCUT2D eigenvalue weighted by Gasteiger charge is 2.20. The van der Waals surface area contributed by atoms with E-state index in [0.29, 0.717) is 36.8 Å². The lowest BCUT2D eigenvalue weighted by Gasteiger charge is -2.21. The van der Waals surface area contributed by atoms with Gasteiger partial charge in [0, 0.05) is 56.5 Å². The molecule has 2 amide bonds. The molecule has 0 bridgehead atoms. The summed E-state index contributed by atoms with van der Waals surface area (Å²) >= 11 is 5.79. The van der Waals surface area contributed by atoms with Gasteiger partial charge in [-0.05, 0) is 30.7 Å². The van der Waals surface area contributed by atoms with Gasteiger partial charge < -0.3 is 9.80 Å². The van der Waals surface area contributed by atoms with Gasteiger partial charge in [0.25, 0.3) is 0 Å². The molecule has 1 aliphatic heterocycles. The van der Waals surface area contributed by atoms with Gasteiger partial charge in [0.2, 0.25) is 11.8 Å². The molecule has 1 fully saturated rings. The third kappa shape index (κ3) is 5.06. The van der Waals surface area contributed by atoms with E-state index in [4.69, 9.17) is 11.6 Å². The predicted octanol–water partition coefficient (Wildman–Crippen LogP) is 2.38. The molecule has 1 aliphatic rings. The fourth-order valence-corrected chi connectivity index (χ4v) is 2.77. The van der Waals surface area contributed by atoms with Gasteiger partial charge in [-0.2, -0.15) is 0 Å². The lowest BCUT2D eigenvalue weighted by atomic mass is 10.1. The van der Waals surface area contributed by atoms with Gasteiger partial charge >= 0.3 is 0 Å². The minimum Gasteiger partial charge on any atom is -0.341 e. The van der Waals surface area contributed by atoms with Crippen LogP contribution in [0.4, 0.5) is 0 Å². The fourth-order valence-electron chi connectivity index (χ4n) is 2.64. The van der Waals surface area contributed by atoms with Crippen molar-refractivity contribution >= 4 is 29.2 Å². The van der Waals surface area contributed by atoms with Crippen LogP contribution in [0.2, 0.25) is 5.02 Å². The van der Waals surface area contributed by atoms with E-state index in [1.54, 1.807) is 41.0 Å². The van der Waals surface area contributed by atoms with E-state index in [9.17, 15) is 14.4 Å². The fraction of sp³-hybridized carbons (Fsp3) is 0.471. The Hall–Kier alpha value is -1.88. The van der Waals surface area contributed by atoms with Gasteiger partial charge in [0.1, 0.15) is 0 Å². The number of hydrogen-bond acceptors (Lipinski definition) is 3. The van der Waals surface area contributed by atoms with Crippen LogP contribution in [0.25, 0.3) is 0 Å². The molecule has 1 aromatic carbocycles. The Labute approximate surface area is 141 Å². The Kier molecular flexibility index (Phi) is 6.16. The number of hydrogen-bond donors (Lipinski definition) is 0. The number of carbonyl (C=O) groups excluding carboxylic acids is 3. The number of benzene rings is 1. The highest BCUT2D eigenvalue weighted by Crippen LogP contribution is 2.13. The van der Waals surface area contributed by atoms with Crippen molar-refractivity contribution < 1.29 is 14.4 Å². The molecule has 2 rings (SSSR count). The Morgan fingerprint density at radius 3 is 2.22 bits per heavy atom. The first-order valence-electron chi connectivity index (χ1n) is 7.79. The van der Waals surface area contributed by atoms with Crippen LogP contribution in [0, 0.1) is 0 Å². The molecule has 5 nitrogen and oxygen atoms in total. The zero-order valence-electron chi connectivity index (χ0n) is 13.3. The van der Waals surface area contributed by atoms with Gasteiger partial charge in [-0.3, -0.25) is 14.4 Å². The van der Waals surface area contributed by atoms with Gasteiger partial charge in [0.15, 0.2) is 5.78 Å². The molecule has 0 atom stereocenters. The number of amides is 2. The zero-order chi connectivity index (χ0) is 16.8. The van der Waals surface area contributed by atoms with Crippen LogP contribution in [0.15, 0.2) is 24.3 Å². The van der Waals surface area contributed by atoms with E-state index in [0.717, 1.165) is 6.42 Å². The second-order valence-corrected chi connectivity index (χ2v) is 6.11. The molecule has 0 N–H and O–H groups in total. The van der Waals surface area contributed by atoms with Crippen molar-refractivity contribution in [2.75, 3.05) is 26.2 Å². The summed E-state index contributed by atoms with van der Waals surface area (Å²) in [5.74, 6) is -0.0508. The third-order valence-corrected chi connectivity index (χ3v) is 4.28. The first-order valence-corrected chi connectivity index (χ1v) is 8.17. The van der Waals surface area contributed by atoms with Gasteiger partial charge in [0.05, 0.1) is 0 Å².